The van der Waals surface area contributed by atoms with Crippen molar-refractivity contribution in [3.63, 3.8) is 0 Å². The maximum atomic E-state index is 14.3. The number of nitrogens with zero attached hydrogens (tertiary/aromatic N) is 1. The quantitative estimate of drug-likeness (QED) is 0.125. The van der Waals surface area contributed by atoms with E-state index in [1.165, 1.54) is 24.3 Å². The Labute approximate surface area is 289 Å². The molecule has 0 spiro atoms. The summed E-state index contributed by atoms with van der Waals surface area (Å²) >= 11 is 6.00. The number of ether oxygens (including phenoxy) is 2. The number of benzene rings is 2. The van der Waals surface area contributed by atoms with E-state index in [1.807, 2.05) is 6.07 Å². The van der Waals surface area contributed by atoms with Crippen molar-refractivity contribution in [3.05, 3.63) is 87.7 Å². The van der Waals surface area contributed by atoms with E-state index in [2.05, 4.69) is 39.2 Å². The van der Waals surface area contributed by atoms with Crippen LogP contribution in [0.5, 0.6) is 11.5 Å². The maximum Gasteiger partial charge on any atom is 0.339 e. The predicted molar refractivity (Wildman–Crippen MR) is 187 cm³/mol. The lowest BCUT2D eigenvalue weighted by Gasteiger charge is -2.49. The van der Waals surface area contributed by atoms with Gasteiger partial charge in [-0.2, -0.15) is 8.42 Å². The largest absolute Gasteiger partial charge is 0.490 e. The van der Waals surface area contributed by atoms with Crippen LogP contribution in [-0.4, -0.2) is 51.8 Å². The first-order chi connectivity index (χ1) is 22.6. The highest BCUT2D eigenvalue weighted by Crippen LogP contribution is 2.55. The normalized spacial score (nSPS) is 19.3. The first-order valence-corrected chi connectivity index (χ1v) is 18.3. The lowest BCUT2D eigenvalue weighted by Crippen LogP contribution is -2.44. The summed E-state index contributed by atoms with van der Waals surface area (Å²) in [6, 6.07) is 9.32. The van der Waals surface area contributed by atoms with E-state index in [0.29, 0.717) is 66.1 Å². The molecule has 0 amide bonds. The molecule has 0 radical (unpaired) electrons. The molecule has 0 bridgehead atoms. The summed E-state index contributed by atoms with van der Waals surface area (Å²) in [5, 5.41) is 0.397. The fourth-order valence-corrected chi connectivity index (χ4v) is 8.39. The lowest BCUT2D eigenvalue weighted by atomic mass is 9.63. The van der Waals surface area contributed by atoms with Gasteiger partial charge in [-0.15, -0.1) is 6.58 Å². The summed E-state index contributed by atoms with van der Waals surface area (Å²) in [7, 11) is -2.59. The number of allylic oxidation sites excluding steroid dienone is 5. The number of methoxy groups -OCH3 is 1. The van der Waals surface area contributed by atoms with E-state index >= 15 is 0 Å². The minimum absolute atomic E-state index is 0.0149. The fraction of sp³-hybridized carbons (Fsp3) is 0.474. The van der Waals surface area contributed by atoms with Crippen molar-refractivity contribution in [3.8, 4) is 11.5 Å². The standard InChI is InChI=1S/C38H46ClNO7S/c1-8-11-24-18-25(19-32(46-9-2)36(24)47-48(43,44)27-14-12-26(39)13-15-27)33-34-28(20-37(3,4)22-30(34)41)40(16-10-17-45-7)29-21-38(5,6)23-31(42)35(29)33/h8,12-15,18-19,33H,1,9-11,16-17,20-23H2,2-7H3. The molecule has 5 rings (SSSR count). The van der Waals surface area contributed by atoms with Gasteiger partial charge in [0.2, 0.25) is 0 Å². The Hall–Kier alpha value is -3.40. The van der Waals surface area contributed by atoms with Crippen LogP contribution < -0.4 is 8.92 Å². The highest BCUT2D eigenvalue weighted by molar-refractivity contribution is 7.87. The van der Waals surface area contributed by atoms with Crippen LogP contribution in [0.2, 0.25) is 5.02 Å². The predicted octanol–water partition coefficient (Wildman–Crippen LogP) is 7.96. The molecule has 0 fully saturated rings. The van der Waals surface area contributed by atoms with Gasteiger partial charge >= 0.3 is 10.1 Å². The second-order valence-electron chi connectivity index (χ2n) is 14.5. The van der Waals surface area contributed by atoms with Crippen LogP contribution in [0, 0.1) is 10.8 Å². The average molecular weight is 696 g/mol. The molecule has 258 valence electrons. The van der Waals surface area contributed by atoms with Crippen molar-refractivity contribution >= 4 is 33.3 Å². The average Bonchev–Trinajstić information content (AvgIpc) is 2.98. The molecule has 0 atom stereocenters. The maximum absolute atomic E-state index is 14.3. The lowest BCUT2D eigenvalue weighted by molar-refractivity contribution is -0.119. The number of hydrogen-bond donors (Lipinski definition) is 0. The van der Waals surface area contributed by atoms with E-state index in [-0.39, 0.29) is 51.8 Å². The zero-order chi connectivity index (χ0) is 35.0. The Morgan fingerprint density at radius 2 is 1.54 bits per heavy atom. The van der Waals surface area contributed by atoms with Gasteiger partial charge in [-0.1, -0.05) is 51.4 Å². The van der Waals surface area contributed by atoms with E-state index in [4.69, 9.17) is 25.3 Å². The van der Waals surface area contributed by atoms with Gasteiger partial charge in [0, 0.05) is 72.1 Å². The smallest absolute Gasteiger partial charge is 0.339 e. The second-order valence-corrected chi connectivity index (χ2v) is 16.4. The minimum Gasteiger partial charge on any atom is -0.490 e. The van der Waals surface area contributed by atoms with Gasteiger partial charge in [0.05, 0.1) is 6.61 Å². The van der Waals surface area contributed by atoms with Crippen LogP contribution in [0.15, 0.2) is 76.5 Å². The van der Waals surface area contributed by atoms with Gasteiger partial charge < -0.3 is 18.6 Å². The minimum atomic E-state index is -4.27. The highest BCUT2D eigenvalue weighted by atomic mass is 35.5. The van der Waals surface area contributed by atoms with Crippen LogP contribution in [0.1, 0.15) is 83.8 Å². The number of rotatable bonds is 12. The van der Waals surface area contributed by atoms with Crippen LogP contribution in [0.4, 0.5) is 0 Å². The van der Waals surface area contributed by atoms with Crippen molar-refractivity contribution in [2.45, 2.75) is 84.0 Å². The second kappa shape index (κ2) is 13.8. The zero-order valence-electron chi connectivity index (χ0n) is 28.8. The number of carbonyl (C=O) groups is 2. The number of ketones is 2. The Bertz CT molecular complexity index is 1730. The molecular formula is C38H46ClNO7S. The summed E-state index contributed by atoms with van der Waals surface area (Å²) in [5.41, 5.74) is 3.85. The summed E-state index contributed by atoms with van der Waals surface area (Å²) in [4.78, 5) is 30.7. The molecule has 0 unspecified atom stereocenters. The third kappa shape index (κ3) is 7.28. The van der Waals surface area contributed by atoms with E-state index in [0.717, 1.165) is 17.8 Å². The van der Waals surface area contributed by atoms with E-state index in [9.17, 15) is 18.0 Å². The molecule has 2 aromatic carbocycles. The summed E-state index contributed by atoms with van der Waals surface area (Å²) in [5.74, 6) is -0.348. The van der Waals surface area contributed by atoms with Gasteiger partial charge in [0.25, 0.3) is 0 Å². The molecular weight excluding hydrogens is 650 g/mol. The molecule has 3 aliphatic rings. The number of Topliss-reactive ketones (excluding diaryl/α,β-unsaturated/α-hetero) is 2. The molecule has 2 aliphatic carbocycles. The topological polar surface area (TPSA) is 99.2 Å². The first kappa shape index (κ1) is 35.9. The number of halogens is 1. The van der Waals surface area contributed by atoms with Gasteiger partial charge in [-0.3, -0.25) is 9.59 Å². The van der Waals surface area contributed by atoms with E-state index in [1.54, 1.807) is 26.2 Å². The van der Waals surface area contributed by atoms with Crippen molar-refractivity contribution in [2.75, 3.05) is 26.9 Å². The summed E-state index contributed by atoms with van der Waals surface area (Å²) in [6.07, 6.45) is 4.73. The molecule has 1 heterocycles. The van der Waals surface area contributed by atoms with Gasteiger partial charge in [-0.25, -0.2) is 0 Å². The molecule has 8 nitrogen and oxygen atoms in total. The summed E-state index contributed by atoms with van der Waals surface area (Å²) < 4.78 is 44.2. The van der Waals surface area contributed by atoms with Crippen LogP contribution >= 0.6 is 11.6 Å². The Balaban J connectivity index is 1.74. The van der Waals surface area contributed by atoms with Crippen molar-refractivity contribution in [2.24, 2.45) is 10.8 Å². The molecule has 0 saturated carbocycles. The highest BCUT2D eigenvalue weighted by Gasteiger charge is 2.49. The summed E-state index contributed by atoms with van der Waals surface area (Å²) in [6.45, 7) is 15.6. The molecule has 2 aromatic rings. The Kier molecular flexibility index (Phi) is 10.4. The third-order valence-electron chi connectivity index (χ3n) is 9.20. The molecule has 48 heavy (non-hydrogen) atoms. The monoisotopic (exact) mass is 695 g/mol. The fourth-order valence-electron chi connectivity index (χ4n) is 7.29. The SMILES string of the molecule is C=CCc1cc(C2C3=C(CC(C)(C)CC3=O)N(CCCOC)C3=C2C(=O)CC(C)(C)C3)cc(OCC)c1OS(=O)(=O)c1ccc(Cl)cc1. The molecule has 1 aliphatic heterocycles. The molecule has 0 N–H and O–H groups in total. The van der Waals surface area contributed by atoms with Crippen molar-refractivity contribution in [1.29, 1.82) is 0 Å². The number of carbonyl (C=O) groups excluding carboxylic acids is 2. The molecule has 0 saturated heterocycles. The van der Waals surface area contributed by atoms with E-state index < -0.39 is 16.0 Å². The van der Waals surface area contributed by atoms with Crippen molar-refractivity contribution in [1.82, 2.24) is 4.90 Å². The Morgan fingerprint density at radius 1 is 0.958 bits per heavy atom. The third-order valence-corrected chi connectivity index (χ3v) is 10.7. The van der Waals surface area contributed by atoms with Crippen LogP contribution in [-0.2, 0) is 30.9 Å². The number of hydrogen-bond acceptors (Lipinski definition) is 8. The van der Waals surface area contributed by atoms with Gasteiger partial charge in [0.15, 0.2) is 23.1 Å². The molecule has 0 aromatic heterocycles. The van der Waals surface area contributed by atoms with Crippen LogP contribution in [0.3, 0.4) is 0 Å². The van der Waals surface area contributed by atoms with Gasteiger partial charge in [-0.05, 0) is 79.3 Å². The zero-order valence-corrected chi connectivity index (χ0v) is 30.4. The first-order valence-electron chi connectivity index (χ1n) is 16.5. The van der Waals surface area contributed by atoms with Crippen molar-refractivity contribution < 1.29 is 31.7 Å². The van der Waals surface area contributed by atoms with Crippen LogP contribution in [0.25, 0.3) is 0 Å². The Morgan fingerprint density at radius 3 is 2.06 bits per heavy atom. The van der Waals surface area contributed by atoms with Gasteiger partial charge in [0.1, 0.15) is 4.90 Å². The molecule has 10 heteroatoms.